The van der Waals surface area contributed by atoms with Crippen LogP contribution in [0.25, 0.3) is 0 Å². The molecule has 0 bridgehead atoms. The molecule has 2 rings (SSSR count). The van der Waals surface area contributed by atoms with E-state index >= 15 is 0 Å². The van der Waals surface area contributed by atoms with Crippen LogP contribution in [-0.2, 0) is 4.43 Å². The van der Waals surface area contributed by atoms with Crippen molar-refractivity contribution in [2.45, 2.75) is 13.8 Å². The predicted octanol–water partition coefficient (Wildman–Crippen LogP) is 3.41. The highest BCUT2D eigenvalue weighted by atomic mass is 28.2. The van der Waals surface area contributed by atoms with Gasteiger partial charge in [-0.2, -0.15) is 0 Å². The third kappa shape index (κ3) is 6.11. The third-order valence-electron chi connectivity index (χ3n) is 2.50. The highest BCUT2D eigenvalue weighted by molar-refractivity contribution is 5.97. The van der Waals surface area contributed by atoms with Crippen LogP contribution >= 0.6 is 0 Å². The molecule has 3 radical (unpaired) electrons. The van der Waals surface area contributed by atoms with Gasteiger partial charge in [0.15, 0.2) is 0 Å². The second kappa shape index (κ2) is 10.6. The number of ether oxygens (including phenoxy) is 2. The van der Waals surface area contributed by atoms with Gasteiger partial charge in [0.2, 0.25) is 10.5 Å². The molecule has 0 saturated heterocycles. The van der Waals surface area contributed by atoms with Crippen molar-refractivity contribution >= 4 is 16.5 Å². The van der Waals surface area contributed by atoms with Crippen LogP contribution in [0.15, 0.2) is 54.6 Å². The van der Waals surface area contributed by atoms with Crippen molar-refractivity contribution in [3.8, 4) is 11.5 Å². The quantitative estimate of drug-likeness (QED) is 0.482. The van der Waals surface area contributed by atoms with E-state index in [2.05, 4.69) is 14.9 Å². The van der Waals surface area contributed by atoms with Crippen LogP contribution in [0.2, 0.25) is 0 Å². The molecule has 0 heterocycles. The minimum absolute atomic E-state index is 0.412. The van der Waals surface area contributed by atoms with Crippen molar-refractivity contribution in [3.05, 3.63) is 60.2 Å². The highest BCUT2D eigenvalue weighted by Crippen LogP contribution is 2.20. The van der Waals surface area contributed by atoms with Gasteiger partial charge in [-0.1, -0.05) is 30.3 Å². The maximum atomic E-state index is 12.0. The van der Waals surface area contributed by atoms with Gasteiger partial charge in [-0.15, -0.1) is 0 Å². The molecule has 0 amide bonds. The van der Waals surface area contributed by atoms with Gasteiger partial charge in [0.05, 0.1) is 6.61 Å². The van der Waals surface area contributed by atoms with E-state index in [0.717, 1.165) is 6.61 Å². The first-order chi connectivity index (χ1) is 10.7. The van der Waals surface area contributed by atoms with Gasteiger partial charge in [-0.25, -0.2) is 4.79 Å². The summed E-state index contributed by atoms with van der Waals surface area (Å²) in [7, 11) is 2.79. The maximum absolute atomic E-state index is 12.0. The van der Waals surface area contributed by atoms with E-state index in [9.17, 15) is 4.79 Å². The van der Waals surface area contributed by atoms with Crippen LogP contribution in [0.4, 0.5) is 0 Å². The molecular formula is C17H19O4Si. The van der Waals surface area contributed by atoms with Crippen LogP contribution < -0.4 is 9.47 Å². The summed E-state index contributed by atoms with van der Waals surface area (Å²) >= 11 is 0. The smallest absolute Gasteiger partial charge is 0.347 e. The van der Waals surface area contributed by atoms with Gasteiger partial charge >= 0.3 is 5.97 Å². The van der Waals surface area contributed by atoms with Crippen molar-refractivity contribution in [2.24, 2.45) is 0 Å². The number of carbonyl (C=O) groups excluding carboxylic acids is 1. The van der Waals surface area contributed by atoms with Gasteiger partial charge in [0.25, 0.3) is 0 Å². The molecule has 4 nitrogen and oxygen atoms in total. The average molecular weight is 315 g/mol. The molecule has 0 aliphatic carbocycles. The fourth-order valence-electron chi connectivity index (χ4n) is 1.57. The van der Waals surface area contributed by atoms with E-state index < -0.39 is 5.97 Å². The molecule has 0 aromatic heterocycles. The van der Waals surface area contributed by atoms with E-state index in [1.807, 2.05) is 38.1 Å². The summed E-state index contributed by atoms with van der Waals surface area (Å²) in [6.07, 6.45) is 0. The molecule has 0 aliphatic rings. The molecular weight excluding hydrogens is 296 g/mol. The van der Waals surface area contributed by atoms with Crippen LogP contribution in [0.3, 0.4) is 0 Å². The molecule has 0 fully saturated rings. The van der Waals surface area contributed by atoms with Crippen LogP contribution in [0.1, 0.15) is 24.2 Å². The molecule has 0 atom stereocenters. The Labute approximate surface area is 134 Å². The lowest BCUT2D eigenvalue weighted by molar-refractivity contribution is 0.0730. The largest absolute Gasteiger partial charge is 0.493 e. The standard InChI is InChI=1S/C15H14O3.C2H5OSi/c1-2-17-14-11-7-6-10-13(14)15(16)18-12-8-4-3-5-9-12;1-2-3-4/h3-11H,2H2,1H3;2H2,1H3. The molecule has 0 aliphatic heterocycles. The molecule has 0 saturated carbocycles. The van der Waals surface area contributed by atoms with Gasteiger partial charge in [0, 0.05) is 6.61 Å². The molecule has 0 N–H and O–H groups in total. The SMILES string of the molecule is CCO[Si].CCOc1ccccc1C(=O)Oc1ccccc1. The Bertz CT molecular complexity index is 556. The summed E-state index contributed by atoms with van der Waals surface area (Å²) in [5, 5.41) is 0. The van der Waals surface area contributed by atoms with E-state index in [-0.39, 0.29) is 0 Å². The van der Waals surface area contributed by atoms with Crippen molar-refractivity contribution in [1.29, 1.82) is 0 Å². The topological polar surface area (TPSA) is 44.8 Å². The average Bonchev–Trinajstić information content (AvgIpc) is 2.57. The summed E-state index contributed by atoms with van der Waals surface area (Å²) < 4.78 is 15.0. The Morgan fingerprint density at radius 2 is 1.55 bits per heavy atom. The molecule has 2 aromatic rings. The Morgan fingerprint density at radius 3 is 2.14 bits per heavy atom. The van der Waals surface area contributed by atoms with Gasteiger partial charge < -0.3 is 13.9 Å². The monoisotopic (exact) mass is 315 g/mol. The van der Waals surface area contributed by atoms with Crippen LogP contribution in [0.5, 0.6) is 11.5 Å². The second-order valence-corrected chi connectivity index (χ2v) is 4.35. The molecule has 115 valence electrons. The number of rotatable bonds is 5. The van der Waals surface area contributed by atoms with Crippen molar-refractivity contribution < 1.29 is 18.7 Å². The van der Waals surface area contributed by atoms with Crippen molar-refractivity contribution in [3.63, 3.8) is 0 Å². The first-order valence-electron chi connectivity index (χ1n) is 7.00. The number of carbonyl (C=O) groups is 1. The summed E-state index contributed by atoms with van der Waals surface area (Å²) in [5.41, 5.74) is 0.434. The van der Waals surface area contributed by atoms with E-state index in [4.69, 9.17) is 9.47 Å². The lowest BCUT2D eigenvalue weighted by Gasteiger charge is -2.09. The fraction of sp³-hybridized carbons (Fsp3) is 0.235. The van der Waals surface area contributed by atoms with Crippen LogP contribution in [0, 0.1) is 0 Å². The number of benzene rings is 2. The summed E-state index contributed by atoms with van der Waals surface area (Å²) in [6, 6.07) is 16.0. The van der Waals surface area contributed by atoms with Gasteiger partial charge in [-0.3, -0.25) is 0 Å². The Morgan fingerprint density at radius 1 is 0.955 bits per heavy atom. The molecule has 0 spiro atoms. The summed E-state index contributed by atoms with van der Waals surface area (Å²) in [5.74, 6) is 0.653. The van der Waals surface area contributed by atoms with Gasteiger partial charge in [-0.05, 0) is 38.1 Å². The zero-order valence-corrected chi connectivity index (χ0v) is 13.7. The molecule has 5 heteroatoms. The summed E-state index contributed by atoms with van der Waals surface area (Å²) in [6.45, 7) is 5.03. The van der Waals surface area contributed by atoms with E-state index in [0.29, 0.717) is 23.7 Å². The lowest BCUT2D eigenvalue weighted by Crippen LogP contribution is -2.10. The van der Waals surface area contributed by atoms with Crippen molar-refractivity contribution in [2.75, 3.05) is 13.2 Å². The Hall–Kier alpha value is -2.11. The second-order valence-electron chi connectivity index (χ2n) is 4.06. The minimum Gasteiger partial charge on any atom is -0.493 e. The first kappa shape index (κ1) is 17.9. The van der Waals surface area contributed by atoms with Crippen LogP contribution in [-0.4, -0.2) is 29.7 Å². The van der Waals surface area contributed by atoms with Crippen molar-refractivity contribution in [1.82, 2.24) is 0 Å². The lowest BCUT2D eigenvalue weighted by atomic mass is 10.2. The number of hydrogen-bond donors (Lipinski definition) is 0. The maximum Gasteiger partial charge on any atom is 0.347 e. The molecule has 22 heavy (non-hydrogen) atoms. The van der Waals surface area contributed by atoms with Gasteiger partial charge in [0.1, 0.15) is 17.1 Å². The fourth-order valence-corrected chi connectivity index (χ4v) is 1.57. The van der Waals surface area contributed by atoms with E-state index in [1.165, 1.54) is 0 Å². The Kier molecular flexibility index (Phi) is 8.63. The Balaban J connectivity index is 0.000000541. The number of para-hydroxylation sites is 2. The minimum atomic E-state index is -0.412. The first-order valence-corrected chi connectivity index (χ1v) is 7.41. The summed E-state index contributed by atoms with van der Waals surface area (Å²) in [4.78, 5) is 12.0. The number of hydrogen-bond acceptors (Lipinski definition) is 4. The zero-order valence-electron chi connectivity index (χ0n) is 12.7. The highest BCUT2D eigenvalue weighted by Gasteiger charge is 2.13. The van der Waals surface area contributed by atoms with E-state index in [1.54, 1.807) is 30.3 Å². The zero-order chi connectivity index (χ0) is 16.2. The third-order valence-corrected chi connectivity index (χ3v) is 2.79. The molecule has 0 unspecified atom stereocenters. The number of esters is 1. The normalized spacial score (nSPS) is 9.41. The molecule has 2 aromatic carbocycles. The predicted molar refractivity (Wildman–Crippen MR) is 86.4 cm³/mol.